The lowest BCUT2D eigenvalue weighted by Gasteiger charge is -2.29. The van der Waals surface area contributed by atoms with Gasteiger partial charge in [-0.1, -0.05) is 0 Å². The summed E-state index contributed by atoms with van der Waals surface area (Å²) in [6, 6.07) is 5.94. The molecule has 146 valence electrons. The van der Waals surface area contributed by atoms with E-state index in [-0.39, 0.29) is 0 Å². The Bertz CT molecular complexity index is 591. The Morgan fingerprint density at radius 1 is 1.35 bits per heavy atom. The van der Waals surface area contributed by atoms with Crippen molar-refractivity contribution >= 4 is 5.96 Å². The van der Waals surface area contributed by atoms with Gasteiger partial charge in [0.25, 0.3) is 0 Å². The number of nitrogens with zero attached hydrogens (tertiary/aromatic N) is 3. The van der Waals surface area contributed by atoms with Crippen LogP contribution in [0.2, 0.25) is 0 Å². The summed E-state index contributed by atoms with van der Waals surface area (Å²) >= 11 is 0. The molecule has 26 heavy (non-hydrogen) atoms. The number of benzene rings is 1. The predicted molar refractivity (Wildman–Crippen MR) is 107 cm³/mol. The lowest BCUT2D eigenvalue weighted by Crippen LogP contribution is -2.39. The number of aliphatic imine (C=N–C) groups is 1. The first kappa shape index (κ1) is 20.4. The van der Waals surface area contributed by atoms with Crippen molar-refractivity contribution in [3.05, 3.63) is 23.8 Å². The van der Waals surface area contributed by atoms with Crippen molar-refractivity contribution in [3.63, 3.8) is 0 Å². The lowest BCUT2D eigenvalue weighted by molar-refractivity contribution is 0.214. The summed E-state index contributed by atoms with van der Waals surface area (Å²) in [7, 11) is 7.62. The van der Waals surface area contributed by atoms with Gasteiger partial charge >= 0.3 is 0 Å². The zero-order chi connectivity index (χ0) is 18.9. The van der Waals surface area contributed by atoms with Gasteiger partial charge in [0.2, 0.25) is 0 Å². The summed E-state index contributed by atoms with van der Waals surface area (Å²) in [6.07, 6.45) is 2.54. The zero-order valence-electron chi connectivity index (χ0n) is 16.9. The van der Waals surface area contributed by atoms with Gasteiger partial charge in [0, 0.05) is 44.9 Å². The summed E-state index contributed by atoms with van der Waals surface area (Å²) < 4.78 is 10.8. The predicted octanol–water partition coefficient (Wildman–Crippen LogP) is 2.44. The molecule has 6 nitrogen and oxygen atoms in total. The van der Waals surface area contributed by atoms with Crippen LogP contribution in [0.1, 0.15) is 25.3 Å². The van der Waals surface area contributed by atoms with Gasteiger partial charge in [-0.2, -0.15) is 0 Å². The summed E-state index contributed by atoms with van der Waals surface area (Å²) in [5.41, 5.74) is 1.11. The minimum absolute atomic E-state index is 0.645. The van der Waals surface area contributed by atoms with E-state index in [0.29, 0.717) is 5.92 Å². The first-order valence-electron chi connectivity index (χ1n) is 9.46. The second kappa shape index (κ2) is 10.3. The van der Waals surface area contributed by atoms with Crippen molar-refractivity contribution in [3.8, 4) is 11.5 Å². The zero-order valence-corrected chi connectivity index (χ0v) is 16.9. The third-order valence-electron chi connectivity index (χ3n) is 4.82. The normalized spacial score (nSPS) is 18.5. The molecule has 1 aliphatic heterocycles. The third-order valence-corrected chi connectivity index (χ3v) is 4.82. The fourth-order valence-electron chi connectivity index (χ4n) is 3.42. The summed E-state index contributed by atoms with van der Waals surface area (Å²) in [5.74, 6) is 3.22. The van der Waals surface area contributed by atoms with Crippen LogP contribution in [0.3, 0.4) is 0 Å². The van der Waals surface area contributed by atoms with Crippen LogP contribution in [-0.2, 0) is 6.54 Å². The molecule has 1 fully saturated rings. The van der Waals surface area contributed by atoms with Gasteiger partial charge in [0.1, 0.15) is 11.5 Å². The molecule has 6 heteroatoms. The van der Waals surface area contributed by atoms with E-state index in [4.69, 9.17) is 14.5 Å². The molecule has 2 rings (SSSR count). The maximum absolute atomic E-state index is 5.52. The molecule has 1 atom stereocenters. The van der Waals surface area contributed by atoms with Gasteiger partial charge < -0.3 is 24.6 Å². The van der Waals surface area contributed by atoms with Crippen molar-refractivity contribution in [2.45, 2.75) is 26.3 Å². The van der Waals surface area contributed by atoms with Gasteiger partial charge in [0.05, 0.1) is 14.2 Å². The Morgan fingerprint density at radius 3 is 2.81 bits per heavy atom. The van der Waals surface area contributed by atoms with Crippen LogP contribution >= 0.6 is 0 Å². The van der Waals surface area contributed by atoms with E-state index in [0.717, 1.165) is 49.2 Å². The molecule has 1 heterocycles. The van der Waals surface area contributed by atoms with Crippen molar-refractivity contribution in [2.24, 2.45) is 10.9 Å². The number of likely N-dealkylation sites (tertiary alicyclic amines) is 1. The number of ether oxygens (including phenoxy) is 2. The quantitative estimate of drug-likeness (QED) is 0.596. The highest BCUT2D eigenvalue weighted by molar-refractivity contribution is 5.79. The number of nitrogens with one attached hydrogen (secondary N) is 1. The van der Waals surface area contributed by atoms with Gasteiger partial charge in [-0.05, 0) is 51.4 Å². The molecule has 1 unspecified atom stereocenters. The van der Waals surface area contributed by atoms with Crippen LogP contribution in [0.25, 0.3) is 0 Å². The molecule has 0 spiro atoms. The SMILES string of the molecule is CCNC(=NCC1CCCN(C)C1)N(C)Cc1ccc(OC)cc1OC. The van der Waals surface area contributed by atoms with E-state index in [1.165, 1.54) is 19.4 Å². The average molecular weight is 363 g/mol. The van der Waals surface area contributed by atoms with E-state index in [9.17, 15) is 0 Å². The second-order valence-electron chi connectivity index (χ2n) is 7.00. The largest absolute Gasteiger partial charge is 0.497 e. The number of hydrogen-bond acceptors (Lipinski definition) is 4. The number of methoxy groups -OCH3 is 2. The summed E-state index contributed by atoms with van der Waals surface area (Å²) in [4.78, 5) is 9.45. The van der Waals surface area contributed by atoms with E-state index in [2.05, 4.69) is 36.1 Å². The molecule has 0 aromatic heterocycles. The van der Waals surface area contributed by atoms with Crippen molar-refractivity contribution < 1.29 is 9.47 Å². The molecule has 0 amide bonds. The van der Waals surface area contributed by atoms with Gasteiger partial charge in [-0.3, -0.25) is 4.99 Å². The van der Waals surface area contributed by atoms with Crippen LogP contribution in [-0.4, -0.2) is 70.3 Å². The van der Waals surface area contributed by atoms with Gasteiger partial charge in [-0.15, -0.1) is 0 Å². The number of guanidine groups is 1. The summed E-state index contributed by atoms with van der Waals surface area (Å²) in [6.45, 7) is 6.90. The molecule has 0 aliphatic carbocycles. The molecule has 0 bridgehead atoms. The smallest absolute Gasteiger partial charge is 0.193 e. The Morgan fingerprint density at radius 2 is 2.15 bits per heavy atom. The number of hydrogen-bond donors (Lipinski definition) is 1. The maximum Gasteiger partial charge on any atom is 0.193 e. The summed E-state index contributed by atoms with van der Waals surface area (Å²) in [5, 5.41) is 3.41. The van der Waals surface area contributed by atoms with Crippen LogP contribution in [0.15, 0.2) is 23.2 Å². The molecule has 1 aromatic carbocycles. The molecule has 1 saturated heterocycles. The lowest BCUT2D eigenvalue weighted by atomic mass is 9.99. The molecule has 1 aromatic rings. The standard InChI is InChI=1S/C20H34N4O2/c1-6-21-20(22-13-16-8-7-11-23(2)14-16)24(3)15-17-9-10-18(25-4)12-19(17)26-5/h9-10,12,16H,6-8,11,13-15H2,1-5H3,(H,21,22). The minimum atomic E-state index is 0.645. The molecule has 1 N–H and O–H groups in total. The first-order valence-corrected chi connectivity index (χ1v) is 9.46. The highest BCUT2D eigenvalue weighted by atomic mass is 16.5. The third kappa shape index (κ3) is 5.80. The second-order valence-corrected chi connectivity index (χ2v) is 7.00. The Kier molecular flexibility index (Phi) is 8.04. The first-order chi connectivity index (χ1) is 12.6. The fourth-order valence-corrected chi connectivity index (χ4v) is 3.42. The van der Waals surface area contributed by atoms with Crippen LogP contribution in [0.4, 0.5) is 0 Å². The van der Waals surface area contributed by atoms with Crippen molar-refractivity contribution in [1.82, 2.24) is 15.1 Å². The number of piperidine rings is 1. The maximum atomic E-state index is 5.52. The van der Waals surface area contributed by atoms with Crippen LogP contribution in [0, 0.1) is 5.92 Å². The Hall–Kier alpha value is -1.95. The Balaban J connectivity index is 2.05. The van der Waals surface area contributed by atoms with E-state index in [1.807, 2.05) is 18.2 Å². The highest BCUT2D eigenvalue weighted by Gasteiger charge is 2.17. The van der Waals surface area contributed by atoms with E-state index in [1.54, 1.807) is 14.2 Å². The fraction of sp³-hybridized carbons (Fsp3) is 0.650. The molecular formula is C20H34N4O2. The van der Waals surface area contributed by atoms with Crippen LogP contribution in [0.5, 0.6) is 11.5 Å². The molecule has 0 saturated carbocycles. The van der Waals surface area contributed by atoms with Gasteiger partial charge in [0.15, 0.2) is 5.96 Å². The van der Waals surface area contributed by atoms with Crippen LogP contribution < -0.4 is 14.8 Å². The van der Waals surface area contributed by atoms with Gasteiger partial charge in [-0.25, -0.2) is 0 Å². The topological polar surface area (TPSA) is 49.3 Å². The average Bonchev–Trinajstić information content (AvgIpc) is 2.65. The van der Waals surface area contributed by atoms with E-state index >= 15 is 0 Å². The monoisotopic (exact) mass is 362 g/mol. The molecule has 1 aliphatic rings. The molecule has 0 radical (unpaired) electrons. The van der Waals surface area contributed by atoms with Crippen molar-refractivity contribution in [1.29, 1.82) is 0 Å². The molecular weight excluding hydrogens is 328 g/mol. The number of rotatable bonds is 7. The van der Waals surface area contributed by atoms with E-state index < -0.39 is 0 Å². The minimum Gasteiger partial charge on any atom is -0.497 e. The Labute approximate surface area is 158 Å². The van der Waals surface area contributed by atoms with Crippen molar-refractivity contribution in [2.75, 3.05) is 54.5 Å². The highest BCUT2D eigenvalue weighted by Crippen LogP contribution is 2.25.